The molecule has 1 aromatic carbocycles. The third-order valence-electron chi connectivity index (χ3n) is 3.67. The van der Waals surface area contributed by atoms with Gasteiger partial charge in [-0.1, -0.05) is 28.9 Å². The number of rotatable bonds is 5. The third-order valence-corrected chi connectivity index (χ3v) is 3.93. The van der Waals surface area contributed by atoms with E-state index in [1.54, 1.807) is 24.3 Å². The number of carbonyl (C=O) groups is 1. The minimum atomic E-state index is -1.12. The van der Waals surface area contributed by atoms with E-state index < -0.39 is 18.4 Å². The number of carboxylic acids is 1. The van der Waals surface area contributed by atoms with Gasteiger partial charge in [-0.15, -0.1) is 0 Å². The molecular formula is C16H16ClNO5. The van der Waals surface area contributed by atoms with Crippen LogP contribution in [-0.4, -0.2) is 29.1 Å². The number of aromatic nitrogens is 1. The van der Waals surface area contributed by atoms with E-state index in [9.17, 15) is 9.90 Å². The first kappa shape index (κ1) is 16.0. The Kier molecular flexibility index (Phi) is 4.95. The van der Waals surface area contributed by atoms with E-state index in [-0.39, 0.29) is 11.3 Å². The lowest BCUT2D eigenvalue weighted by atomic mass is 10.0. The Labute approximate surface area is 137 Å². The van der Waals surface area contributed by atoms with Crippen LogP contribution >= 0.6 is 11.6 Å². The Morgan fingerprint density at radius 3 is 2.78 bits per heavy atom. The molecule has 0 spiro atoms. The molecule has 6 nitrogen and oxygen atoms in total. The van der Waals surface area contributed by atoms with Crippen molar-refractivity contribution in [3.63, 3.8) is 0 Å². The molecule has 23 heavy (non-hydrogen) atoms. The zero-order valence-electron chi connectivity index (χ0n) is 12.3. The summed E-state index contributed by atoms with van der Waals surface area (Å²) in [5.74, 6) is -1.12. The van der Waals surface area contributed by atoms with Crippen molar-refractivity contribution in [3.05, 3.63) is 52.4 Å². The number of hydrogen-bond acceptors (Lipinski definition) is 5. The van der Waals surface area contributed by atoms with Gasteiger partial charge in [0.1, 0.15) is 23.6 Å². The SMILES string of the molecule is O=C(O)c1conc1[C@H](O[C@@H]1CCCCO1)c1ccc(Cl)cc1. The highest BCUT2D eigenvalue weighted by molar-refractivity contribution is 6.30. The maximum absolute atomic E-state index is 11.4. The summed E-state index contributed by atoms with van der Waals surface area (Å²) in [4.78, 5) is 11.4. The zero-order valence-corrected chi connectivity index (χ0v) is 13.0. The van der Waals surface area contributed by atoms with Crippen LogP contribution in [0.25, 0.3) is 0 Å². The van der Waals surface area contributed by atoms with E-state index in [0.29, 0.717) is 11.6 Å². The van der Waals surface area contributed by atoms with Crippen LogP contribution in [0, 0.1) is 0 Å². The van der Waals surface area contributed by atoms with Gasteiger partial charge in [0, 0.05) is 11.6 Å². The van der Waals surface area contributed by atoms with Gasteiger partial charge in [-0.25, -0.2) is 4.79 Å². The number of hydrogen-bond donors (Lipinski definition) is 1. The van der Waals surface area contributed by atoms with Gasteiger partial charge >= 0.3 is 5.97 Å². The lowest BCUT2D eigenvalue weighted by Crippen LogP contribution is -2.25. The molecule has 2 heterocycles. The maximum Gasteiger partial charge on any atom is 0.341 e. The standard InChI is InChI=1S/C16H16ClNO5/c17-11-6-4-10(5-7-11)15(23-13-3-1-2-8-21-13)14-12(16(19)20)9-22-18-14/h4-7,9,13,15H,1-3,8H2,(H,19,20)/t13-,15-/m1/s1. The Balaban J connectivity index is 1.93. The van der Waals surface area contributed by atoms with Crippen LogP contribution in [0.2, 0.25) is 5.02 Å². The predicted molar refractivity (Wildman–Crippen MR) is 81.4 cm³/mol. The molecule has 122 valence electrons. The van der Waals surface area contributed by atoms with Gasteiger partial charge in [-0.3, -0.25) is 0 Å². The molecule has 2 aromatic rings. The summed E-state index contributed by atoms with van der Waals surface area (Å²) in [5, 5.41) is 13.7. The fourth-order valence-electron chi connectivity index (χ4n) is 2.50. The zero-order chi connectivity index (χ0) is 16.2. The van der Waals surface area contributed by atoms with E-state index in [0.717, 1.165) is 31.1 Å². The quantitative estimate of drug-likeness (QED) is 0.896. The molecule has 0 unspecified atom stereocenters. The van der Waals surface area contributed by atoms with Crippen molar-refractivity contribution in [2.45, 2.75) is 31.7 Å². The first-order chi connectivity index (χ1) is 11.1. The molecule has 0 saturated carbocycles. The molecular weight excluding hydrogens is 322 g/mol. The van der Waals surface area contributed by atoms with Crippen molar-refractivity contribution in [1.82, 2.24) is 5.16 Å². The molecule has 1 fully saturated rings. The summed E-state index contributed by atoms with van der Waals surface area (Å²) in [5.41, 5.74) is 0.926. The summed E-state index contributed by atoms with van der Waals surface area (Å²) < 4.78 is 16.4. The lowest BCUT2D eigenvalue weighted by Gasteiger charge is -2.27. The van der Waals surface area contributed by atoms with Gasteiger partial charge < -0.3 is 19.1 Å². The highest BCUT2D eigenvalue weighted by Crippen LogP contribution is 2.31. The first-order valence-corrected chi connectivity index (χ1v) is 7.73. The molecule has 0 aliphatic carbocycles. The first-order valence-electron chi connectivity index (χ1n) is 7.35. The molecule has 1 N–H and O–H groups in total. The molecule has 0 bridgehead atoms. The molecule has 2 atom stereocenters. The van der Waals surface area contributed by atoms with E-state index >= 15 is 0 Å². The second-order valence-electron chi connectivity index (χ2n) is 5.28. The Hall–Kier alpha value is -1.89. The summed E-state index contributed by atoms with van der Waals surface area (Å²) in [6.45, 7) is 0.628. The van der Waals surface area contributed by atoms with Gasteiger partial charge in [-0.2, -0.15) is 0 Å². The van der Waals surface area contributed by atoms with E-state index in [1.807, 2.05) is 0 Å². The number of carboxylic acid groups (broad SMARTS) is 1. The van der Waals surface area contributed by atoms with Crippen LogP contribution in [0.1, 0.15) is 47.0 Å². The van der Waals surface area contributed by atoms with Crippen molar-refractivity contribution in [2.24, 2.45) is 0 Å². The Morgan fingerprint density at radius 1 is 1.35 bits per heavy atom. The molecule has 3 rings (SSSR count). The fraction of sp³-hybridized carbons (Fsp3) is 0.375. The average Bonchev–Trinajstić information content (AvgIpc) is 3.04. The van der Waals surface area contributed by atoms with Crippen molar-refractivity contribution in [1.29, 1.82) is 0 Å². The second kappa shape index (κ2) is 7.12. The van der Waals surface area contributed by atoms with Crippen molar-refractivity contribution in [2.75, 3.05) is 6.61 Å². The fourth-order valence-corrected chi connectivity index (χ4v) is 2.63. The molecule has 1 aliphatic rings. The number of halogens is 1. The van der Waals surface area contributed by atoms with Gasteiger partial charge in [0.2, 0.25) is 0 Å². The van der Waals surface area contributed by atoms with Crippen LogP contribution < -0.4 is 0 Å². The highest BCUT2D eigenvalue weighted by Gasteiger charge is 2.29. The van der Waals surface area contributed by atoms with Crippen molar-refractivity contribution in [3.8, 4) is 0 Å². The minimum Gasteiger partial charge on any atom is -0.478 e. The number of aromatic carboxylic acids is 1. The third kappa shape index (κ3) is 3.72. The van der Waals surface area contributed by atoms with Gasteiger partial charge in [0.25, 0.3) is 0 Å². The second-order valence-corrected chi connectivity index (χ2v) is 5.72. The number of ether oxygens (including phenoxy) is 2. The molecule has 1 saturated heterocycles. The Morgan fingerprint density at radius 2 is 2.13 bits per heavy atom. The summed E-state index contributed by atoms with van der Waals surface area (Å²) in [6, 6.07) is 6.98. The largest absolute Gasteiger partial charge is 0.478 e. The van der Waals surface area contributed by atoms with E-state index in [1.165, 1.54) is 0 Å². The minimum absolute atomic E-state index is 0.0271. The maximum atomic E-state index is 11.4. The Bertz CT molecular complexity index is 663. The number of benzene rings is 1. The van der Waals surface area contributed by atoms with Crippen molar-refractivity contribution >= 4 is 17.6 Å². The van der Waals surface area contributed by atoms with Gasteiger partial charge in [-0.05, 0) is 37.0 Å². The van der Waals surface area contributed by atoms with Crippen LogP contribution in [0.5, 0.6) is 0 Å². The molecule has 7 heteroatoms. The van der Waals surface area contributed by atoms with Crippen LogP contribution in [0.15, 0.2) is 35.1 Å². The van der Waals surface area contributed by atoms with E-state index in [2.05, 4.69) is 5.16 Å². The summed E-state index contributed by atoms with van der Waals surface area (Å²) in [6.07, 6.45) is 2.76. The monoisotopic (exact) mass is 337 g/mol. The summed E-state index contributed by atoms with van der Waals surface area (Å²) >= 11 is 5.92. The van der Waals surface area contributed by atoms with Crippen LogP contribution in [-0.2, 0) is 9.47 Å². The molecule has 1 aromatic heterocycles. The van der Waals surface area contributed by atoms with Crippen molar-refractivity contribution < 1.29 is 23.9 Å². The smallest absolute Gasteiger partial charge is 0.341 e. The van der Waals surface area contributed by atoms with Crippen LogP contribution in [0.4, 0.5) is 0 Å². The van der Waals surface area contributed by atoms with E-state index in [4.69, 9.17) is 25.6 Å². The van der Waals surface area contributed by atoms with Gasteiger partial charge in [0.15, 0.2) is 6.29 Å². The highest BCUT2D eigenvalue weighted by atomic mass is 35.5. The van der Waals surface area contributed by atoms with Gasteiger partial charge in [0.05, 0.1) is 0 Å². The lowest BCUT2D eigenvalue weighted by molar-refractivity contribution is -0.182. The molecule has 0 amide bonds. The normalized spacial score (nSPS) is 19.4. The topological polar surface area (TPSA) is 81.8 Å². The molecule has 1 aliphatic heterocycles. The molecule has 0 radical (unpaired) electrons. The average molecular weight is 338 g/mol. The van der Waals surface area contributed by atoms with Crippen LogP contribution in [0.3, 0.4) is 0 Å². The predicted octanol–water partition coefficient (Wildman–Crippen LogP) is 3.66. The number of nitrogens with zero attached hydrogens (tertiary/aromatic N) is 1. The summed E-state index contributed by atoms with van der Waals surface area (Å²) in [7, 11) is 0.